The molecule has 0 amide bonds. The van der Waals surface area contributed by atoms with Crippen LogP contribution in [-0.4, -0.2) is 18.5 Å². The predicted molar refractivity (Wildman–Crippen MR) is 50.1 cm³/mol. The largest absolute Gasteiger partial charge is 0.314 e. The average molecular weight is 191 g/mol. The van der Waals surface area contributed by atoms with E-state index in [1.165, 1.54) is 19.3 Å². The highest BCUT2D eigenvalue weighted by Crippen LogP contribution is 2.19. The van der Waals surface area contributed by atoms with Gasteiger partial charge in [-0.3, -0.25) is 0 Å². The lowest BCUT2D eigenvalue weighted by molar-refractivity contribution is 0.0125. The van der Waals surface area contributed by atoms with Crippen LogP contribution in [0, 0.1) is 0 Å². The molecule has 1 aliphatic carbocycles. The zero-order chi connectivity index (χ0) is 9.73. The summed E-state index contributed by atoms with van der Waals surface area (Å²) in [7, 11) is 0. The van der Waals surface area contributed by atoms with Crippen molar-refractivity contribution >= 4 is 0 Å². The average Bonchev–Trinajstić information content (AvgIpc) is 2.04. The minimum atomic E-state index is -2.51. The molecule has 1 nitrogen and oxygen atoms in total. The Morgan fingerprint density at radius 1 is 1.23 bits per heavy atom. The van der Waals surface area contributed by atoms with E-state index >= 15 is 0 Å². The first-order valence-electron chi connectivity index (χ1n) is 5.19. The molecule has 0 atom stereocenters. The number of alkyl halides is 2. The fourth-order valence-corrected chi connectivity index (χ4v) is 1.80. The molecule has 0 heterocycles. The summed E-state index contributed by atoms with van der Waals surface area (Å²) in [5.41, 5.74) is 0. The minimum Gasteiger partial charge on any atom is -0.314 e. The van der Waals surface area contributed by atoms with Gasteiger partial charge in [-0.1, -0.05) is 19.3 Å². The molecule has 13 heavy (non-hydrogen) atoms. The van der Waals surface area contributed by atoms with E-state index in [9.17, 15) is 8.78 Å². The molecular formula is C10H19F2N. The highest BCUT2D eigenvalue weighted by atomic mass is 19.3. The molecule has 0 aromatic carbocycles. The molecule has 0 spiro atoms. The topological polar surface area (TPSA) is 12.0 Å². The number of nitrogens with one attached hydrogen (secondary N) is 1. The zero-order valence-corrected chi connectivity index (χ0v) is 8.28. The van der Waals surface area contributed by atoms with E-state index in [0.717, 1.165) is 19.8 Å². The number of rotatable bonds is 4. The van der Waals surface area contributed by atoms with Crippen LogP contribution in [0.25, 0.3) is 0 Å². The van der Waals surface area contributed by atoms with E-state index in [2.05, 4.69) is 5.32 Å². The van der Waals surface area contributed by atoms with Gasteiger partial charge in [0.1, 0.15) is 0 Å². The minimum absolute atomic E-state index is 0.0382. The molecule has 3 heteroatoms. The molecule has 1 rings (SSSR count). The molecule has 0 aliphatic heterocycles. The first-order chi connectivity index (χ1) is 6.08. The predicted octanol–water partition coefficient (Wildman–Crippen LogP) is 2.95. The van der Waals surface area contributed by atoms with Gasteiger partial charge in [0.25, 0.3) is 0 Å². The van der Waals surface area contributed by atoms with Crippen LogP contribution in [0.1, 0.15) is 45.4 Å². The van der Waals surface area contributed by atoms with Crippen molar-refractivity contribution in [2.75, 3.05) is 6.54 Å². The van der Waals surface area contributed by atoms with Gasteiger partial charge in [0.05, 0.1) is 0 Å². The van der Waals surface area contributed by atoms with Gasteiger partial charge in [0.2, 0.25) is 5.92 Å². The molecule has 1 saturated carbocycles. The van der Waals surface area contributed by atoms with E-state index in [1.54, 1.807) is 0 Å². The van der Waals surface area contributed by atoms with Gasteiger partial charge in [-0.2, -0.15) is 0 Å². The Morgan fingerprint density at radius 2 is 1.85 bits per heavy atom. The van der Waals surface area contributed by atoms with Crippen LogP contribution in [0.3, 0.4) is 0 Å². The first kappa shape index (κ1) is 10.9. The van der Waals surface area contributed by atoms with E-state index < -0.39 is 5.92 Å². The molecule has 0 unspecified atom stereocenters. The van der Waals surface area contributed by atoms with Gasteiger partial charge in [-0.15, -0.1) is 0 Å². The Kier molecular flexibility index (Phi) is 4.10. The van der Waals surface area contributed by atoms with Crippen LogP contribution in [0.15, 0.2) is 0 Å². The summed E-state index contributed by atoms with van der Waals surface area (Å²) in [6.45, 7) is 1.43. The van der Waals surface area contributed by atoms with E-state index in [-0.39, 0.29) is 6.42 Å². The summed E-state index contributed by atoms with van der Waals surface area (Å²) < 4.78 is 24.9. The Hall–Kier alpha value is -0.180. The van der Waals surface area contributed by atoms with Crippen LogP contribution in [-0.2, 0) is 0 Å². The number of hydrogen-bond donors (Lipinski definition) is 1. The van der Waals surface area contributed by atoms with Crippen LogP contribution >= 0.6 is 0 Å². The quantitative estimate of drug-likeness (QED) is 0.720. The van der Waals surface area contributed by atoms with E-state index in [1.807, 2.05) is 0 Å². The van der Waals surface area contributed by atoms with Crippen molar-refractivity contribution in [1.82, 2.24) is 5.32 Å². The third-order valence-electron chi connectivity index (χ3n) is 2.60. The maximum Gasteiger partial charge on any atom is 0.246 e. The molecule has 0 radical (unpaired) electrons. The molecular weight excluding hydrogens is 172 g/mol. The van der Waals surface area contributed by atoms with Gasteiger partial charge in [0.15, 0.2) is 0 Å². The van der Waals surface area contributed by atoms with Crippen LogP contribution in [0.4, 0.5) is 8.78 Å². The first-order valence-corrected chi connectivity index (χ1v) is 5.19. The summed E-state index contributed by atoms with van der Waals surface area (Å²) in [4.78, 5) is 0. The maximum atomic E-state index is 12.4. The summed E-state index contributed by atoms with van der Waals surface area (Å²) in [5, 5.41) is 3.20. The van der Waals surface area contributed by atoms with Crippen LogP contribution in [0.2, 0.25) is 0 Å². The van der Waals surface area contributed by atoms with Crippen molar-refractivity contribution in [1.29, 1.82) is 0 Å². The maximum absolute atomic E-state index is 12.4. The summed E-state index contributed by atoms with van der Waals surface area (Å²) in [5.74, 6) is -2.51. The van der Waals surface area contributed by atoms with Crippen LogP contribution in [0.5, 0.6) is 0 Å². The number of hydrogen-bond acceptors (Lipinski definition) is 1. The van der Waals surface area contributed by atoms with Gasteiger partial charge in [-0.25, -0.2) is 8.78 Å². The monoisotopic (exact) mass is 191 g/mol. The highest BCUT2D eigenvalue weighted by molar-refractivity contribution is 4.72. The second kappa shape index (κ2) is 4.89. The molecule has 1 aliphatic rings. The van der Waals surface area contributed by atoms with E-state index in [4.69, 9.17) is 0 Å². The molecule has 0 aromatic heterocycles. The fourth-order valence-electron chi connectivity index (χ4n) is 1.80. The molecule has 78 valence electrons. The van der Waals surface area contributed by atoms with Crippen molar-refractivity contribution in [3.05, 3.63) is 0 Å². The SMILES string of the molecule is CC(F)(F)CCNC1CCCCC1. The van der Waals surface area contributed by atoms with Crippen molar-refractivity contribution in [3.8, 4) is 0 Å². The standard InChI is InChI=1S/C10H19F2N/c1-10(11,12)7-8-13-9-5-3-2-4-6-9/h9,13H,2-8H2,1H3. The van der Waals surface area contributed by atoms with Crippen LogP contribution < -0.4 is 5.32 Å². The van der Waals surface area contributed by atoms with Gasteiger partial charge in [0, 0.05) is 19.0 Å². The van der Waals surface area contributed by atoms with Crippen molar-refractivity contribution in [2.45, 2.75) is 57.4 Å². The molecule has 1 N–H and O–H groups in total. The fraction of sp³-hybridized carbons (Fsp3) is 1.00. The zero-order valence-electron chi connectivity index (χ0n) is 8.28. The van der Waals surface area contributed by atoms with Crippen molar-refractivity contribution < 1.29 is 8.78 Å². The Morgan fingerprint density at radius 3 is 2.38 bits per heavy atom. The highest BCUT2D eigenvalue weighted by Gasteiger charge is 2.21. The van der Waals surface area contributed by atoms with E-state index in [0.29, 0.717) is 12.6 Å². The third-order valence-corrected chi connectivity index (χ3v) is 2.60. The summed E-state index contributed by atoms with van der Waals surface area (Å²) in [6, 6.07) is 0.496. The summed E-state index contributed by atoms with van der Waals surface area (Å²) in [6.07, 6.45) is 6.09. The summed E-state index contributed by atoms with van der Waals surface area (Å²) >= 11 is 0. The Labute approximate surface area is 78.9 Å². The third kappa shape index (κ3) is 5.19. The second-order valence-corrected chi connectivity index (χ2v) is 4.11. The Balaban J connectivity index is 2.04. The lowest BCUT2D eigenvalue weighted by Gasteiger charge is -2.23. The molecule has 0 saturated heterocycles. The smallest absolute Gasteiger partial charge is 0.246 e. The molecule has 1 fully saturated rings. The molecule has 0 bridgehead atoms. The lowest BCUT2D eigenvalue weighted by atomic mass is 9.95. The molecule has 0 aromatic rings. The normalized spacial score (nSPS) is 20.5. The lowest BCUT2D eigenvalue weighted by Crippen LogP contribution is -2.33. The second-order valence-electron chi connectivity index (χ2n) is 4.11. The van der Waals surface area contributed by atoms with Crippen molar-refractivity contribution in [2.24, 2.45) is 0 Å². The van der Waals surface area contributed by atoms with Crippen molar-refractivity contribution in [3.63, 3.8) is 0 Å². The number of halogens is 2. The Bertz CT molecular complexity index is 136. The van der Waals surface area contributed by atoms with Gasteiger partial charge < -0.3 is 5.32 Å². The van der Waals surface area contributed by atoms with Gasteiger partial charge in [-0.05, 0) is 19.8 Å². The van der Waals surface area contributed by atoms with Gasteiger partial charge >= 0.3 is 0 Å².